The number of anilines is 3. The Morgan fingerprint density at radius 2 is 2.00 bits per heavy atom. The van der Waals surface area contributed by atoms with Crippen molar-refractivity contribution in [3.63, 3.8) is 0 Å². The summed E-state index contributed by atoms with van der Waals surface area (Å²) in [6.07, 6.45) is 1.74. The first-order chi connectivity index (χ1) is 8.08. The fourth-order valence-electron chi connectivity index (χ4n) is 1.39. The Balaban J connectivity index is 2.35. The highest BCUT2D eigenvalue weighted by molar-refractivity contribution is 9.11. The first kappa shape index (κ1) is 12.4. The van der Waals surface area contributed by atoms with Gasteiger partial charge < -0.3 is 11.1 Å². The van der Waals surface area contributed by atoms with Crippen LogP contribution in [0.2, 0.25) is 0 Å². The van der Waals surface area contributed by atoms with Gasteiger partial charge >= 0.3 is 0 Å². The molecule has 0 aliphatic rings. The van der Waals surface area contributed by atoms with E-state index in [-0.39, 0.29) is 0 Å². The summed E-state index contributed by atoms with van der Waals surface area (Å²) in [6.45, 7) is 1.96. The second-order valence-corrected chi connectivity index (χ2v) is 5.41. The fourth-order valence-corrected chi connectivity index (χ4v) is 2.53. The molecule has 0 aliphatic carbocycles. The molecule has 0 saturated carbocycles. The lowest BCUT2D eigenvalue weighted by atomic mass is 10.2. The van der Waals surface area contributed by atoms with Crippen LogP contribution >= 0.6 is 31.9 Å². The predicted molar refractivity (Wildman–Crippen MR) is 78.5 cm³/mol. The summed E-state index contributed by atoms with van der Waals surface area (Å²) in [7, 11) is 0. The van der Waals surface area contributed by atoms with Crippen LogP contribution in [0.15, 0.2) is 39.4 Å². The molecule has 0 bridgehead atoms. The summed E-state index contributed by atoms with van der Waals surface area (Å²) in [5.74, 6) is 0.674. The van der Waals surface area contributed by atoms with Gasteiger partial charge in [-0.2, -0.15) is 0 Å². The minimum atomic E-state index is 0.669. The maximum atomic E-state index is 5.96. The van der Waals surface area contributed by atoms with Crippen molar-refractivity contribution in [2.75, 3.05) is 11.1 Å². The second-order valence-electron chi connectivity index (χ2n) is 3.64. The maximum absolute atomic E-state index is 5.96. The van der Waals surface area contributed by atoms with Crippen molar-refractivity contribution in [1.82, 2.24) is 4.98 Å². The Morgan fingerprint density at radius 3 is 2.71 bits per heavy atom. The van der Waals surface area contributed by atoms with Crippen molar-refractivity contribution in [2.24, 2.45) is 0 Å². The molecule has 0 amide bonds. The molecule has 88 valence electrons. The van der Waals surface area contributed by atoms with E-state index in [1.165, 1.54) is 0 Å². The van der Waals surface area contributed by atoms with E-state index < -0.39 is 0 Å². The van der Waals surface area contributed by atoms with E-state index in [2.05, 4.69) is 42.2 Å². The van der Waals surface area contributed by atoms with Crippen molar-refractivity contribution in [2.45, 2.75) is 6.92 Å². The highest BCUT2D eigenvalue weighted by Gasteiger charge is 2.06. The number of aromatic nitrogens is 1. The molecule has 0 unspecified atom stereocenters. The van der Waals surface area contributed by atoms with Crippen LogP contribution in [0.5, 0.6) is 0 Å². The standard InChI is InChI=1S/C12H11Br2N3/c1-7-4-5-16-12(11(7)15)17-10-3-2-8(13)6-9(10)14/h2-6H,15H2,1H3,(H,16,17). The lowest BCUT2D eigenvalue weighted by molar-refractivity contribution is 1.27. The molecule has 0 radical (unpaired) electrons. The zero-order chi connectivity index (χ0) is 12.4. The Hall–Kier alpha value is -1.07. The van der Waals surface area contributed by atoms with Gasteiger partial charge in [0.1, 0.15) is 0 Å². The summed E-state index contributed by atoms with van der Waals surface area (Å²) in [6, 6.07) is 7.77. The molecule has 3 N–H and O–H groups in total. The van der Waals surface area contributed by atoms with Gasteiger partial charge in [0.15, 0.2) is 5.82 Å². The third-order valence-corrected chi connectivity index (χ3v) is 3.54. The van der Waals surface area contributed by atoms with Crippen LogP contribution in [0.1, 0.15) is 5.56 Å². The van der Waals surface area contributed by atoms with Gasteiger partial charge in [0.05, 0.1) is 11.4 Å². The normalized spacial score (nSPS) is 10.3. The average molecular weight is 357 g/mol. The minimum absolute atomic E-state index is 0.669. The van der Waals surface area contributed by atoms with Gasteiger partial charge in [0.2, 0.25) is 0 Å². The molecule has 0 fully saturated rings. The SMILES string of the molecule is Cc1ccnc(Nc2ccc(Br)cc2Br)c1N. The molecule has 1 aromatic heterocycles. The molecule has 1 aromatic carbocycles. The summed E-state index contributed by atoms with van der Waals surface area (Å²) < 4.78 is 1.97. The van der Waals surface area contributed by atoms with E-state index in [9.17, 15) is 0 Å². The lowest BCUT2D eigenvalue weighted by Gasteiger charge is -2.11. The van der Waals surface area contributed by atoms with Crippen LogP contribution in [-0.2, 0) is 0 Å². The summed E-state index contributed by atoms with van der Waals surface area (Å²) in [5.41, 5.74) is 8.57. The molecule has 0 spiro atoms. The Labute approximate surface area is 117 Å². The molecule has 2 aromatic rings. The number of rotatable bonds is 2. The van der Waals surface area contributed by atoms with E-state index in [0.717, 1.165) is 20.2 Å². The quantitative estimate of drug-likeness (QED) is 0.846. The van der Waals surface area contributed by atoms with Crippen molar-refractivity contribution in [3.8, 4) is 0 Å². The molecule has 3 nitrogen and oxygen atoms in total. The van der Waals surface area contributed by atoms with Gasteiger partial charge in [-0.05, 0) is 52.7 Å². The maximum Gasteiger partial charge on any atom is 0.153 e. The van der Waals surface area contributed by atoms with Crippen LogP contribution in [-0.4, -0.2) is 4.98 Å². The summed E-state index contributed by atoms with van der Waals surface area (Å²) in [5, 5.41) is 3.20. The Kier molecular flexibility index (Phi) is 3.69. The third kappa shape index (κ3) is 2.79. The van der Waals surface area contributed by atoms with Gasteiger partial charge in [0.25, 0.3) is 0 Å². The number of halogens is 2. The summed E-state index contributed by atoms with van der Waals surface area (Å²) >= 11 is 6.90. The monoisotopic (exact) mass is 355 g/mol. The number of nitrogen functional groups attached to an aromatic ring is 1. The highest BCUT2D eigenvalue weighted by atomic mass is 79.9. The van der Waals surface area contributed by atoms with Crippen LogP contribution in [0.3, 0.4) is 0 Å². The first-order valence-electron chi connectivity index (χ1n) is 5.01. The molecule has 0 aliphatic heterocycles. The van der Waals surface area contributed by atoms with Gasteiger partial charge in [-0.3, -0.25) is 0 Å². The number of benzene rings is 1. The zero-order valence-corrected chi connectivity index (χ0v) is 12.3. The predicted octanol–water partition coefficient (Wildman–Crippen LogP) is 4.24. The largest absolute Gasteiger partial charge is 0.396 e. The second kappa shape index (κ2) is 5.06. The van der Waals surface area contributed by atoms with Crippen LogP contribution in [0, 0.1) is 6.92 Å². The highest BCUT2D eigenvalue weighted by Crippen LogP contribution is 2.30. The van der Waals surface area contributed by atoms with Gasteiger partial charge in [0, 0.05) is 15.1 Å². The summed E-state index contributed by atoms with van der Waals surface area (Å²) in [4.78, 5) is 4.23. The van der Waals surface area contributed by atoms with E-state index in [4.69, 9.17) is 5.73 Å². The first-order valence-corrected chi connectivity index (χ1v) is 6.59. The molecule has 0 atom stereocenters. The Morgan fingerprint density at radius 1 is 1.24 bits per heavy atom. The molecule has 17 heavy (non-hydrogen) atoms. The molecular formula is C12H11Br2N3. The van der Waals surface area contributed by atoms with Crippen molar-refractivity contribution < 1.29 is 0 Å². The third-order valence-electron chi connectivity index (χ3n) is 2.39. The molecule has 1 heterocycles. The minimum Gasteiger partial charge on any atom is -0.396 e. The molecule has 5 heteroatoms. The van der Waals surface area contributed by atoms with Gasteiger partial charge in [-0.1, -0.05) is 15.9 Å². The zero-order valence-electron chi connectivity index (χ0n) is 9.17. The number of hydrogen-bond donors (Lipinski definition) is 2. The van der Waals surface area contributed by atoms with E-state index in [1.807, 2.05) is 31.2 Å². The number of hydrogen-bond acceptors (Lipinski definition) is 3. The molecule has 0 saturated heterocycles. The molecule has 2 rings (SSSR count). The van der Waals surface area contributed by atoms with Crippen molar-refractivity contribution >= 4 is 49.1 Å². The van der Waals surface area contributed by atoms with Crippen molar-refractivity contribution in [3.05, 3.63) is 45.0 Å². The fraction of sp³-hybridized carbons (Fsp3) is 0.0833. The van der Waals surface area contributed by atoms with E-state index in [0.29, 0.717) is 11.5 Å². The Bertz CT molecular complexity index is 555. The van der Waals surface area contributed by atoms with Crippen LogP contribution < -0.4 is 11.1 Å². The van der Waals surface area contributed by atoms with Gasteiger partial charge in [-0.15, -0.1) is 0 Å². The smallest absolute Gasteiger partial charge is 0.153 e. The lowest BCUT2D eigenvalue weighted by Crippen LogP contribution is -2.01. The number of aryl methyl sites for hydroxylation is 1. The average Bonchev–Trinajstić information content (AvgIpc) is 2.28. The van der Waals surface area contributed by atoms with Crippen LogP contribution in [0.4, 0.5) is 17.2 Å². The van der Waals surface area contributed by atoms with E-state index >= 15 is 0 Å². The number of nitrogens with zero attached hydrogens (tertiary/aromatic N) is 1. The molecular weight excluding hydrogens is 346 g/mol. The van der Waals surface area contributed by atoms with Crippen LogP contribution in [0.25, 0.3) is 0 Å². The number of nitrogens with two attached hydrogens (primary N) is 1. The number of nitrogens with one attached hydrogen (secondary N) is 1. The van der Waals surface area contributed by atoms with Crippen molar-refractivity contribution in [1.29, 1.82) is 0 Å². The van der Waals surface area contributed by atoms with E-state index in [1.54, 1.807) is 6.20 Å². The topological polar surface area (TPSA) is 50.9 Å². The van der Waals surface area contributed by atoms with Gasteiger partial charge in [-0.25, -0.2) is 4.98 Å². The number of pyridine rings is 1.